The third-order valence-corrected chi connectivity index (χ3v) is 5.04. The zero-order valence-electron chi connectivity index (χ0n) is 10.7. The molecule has 8 heteroatoms. The molecule has 19 heavy (non-hydrogen) atoms. The lowest BCUT2D eigenvalue weighted by Gasteiger charge is -2.34. The summed E-state index contributed by atoms with van der Waals surface area (Å²) in [7, 11) is -1.27. The van der Waals surface area contributed by atoms with Crippen molar-refractivity contribution in [1.29, 1.82) is 0 Å². The van der Waals surface area contributed by atoms with Crippen LogP contribution in [0.1, 0.15) is 12.1 Å². The topological polar surface area (TPSA) is 92.5 Å². The Morgan fingerprint density at radius 3 is 2.89 bits per heavy atom. The van der Waals surface area contributed by atoms with Crippen LogP contribution in [0.25, 0.3) is 0 Å². The van der Waals surface area contributed by atoms with E-state index in [4.69, 9.17) is 5.11 Å². The van der Waals surface area contributed by atoms with E-state index in [1.54, 1.807) is 12.5 Å². The van der Waals surface area contributed by atoms with Gasteiger partial charge in [-0.1, -0.05) is 0 Å². The van der Waals surface area contributed by atoms with Crippen LogP contribution in [-0.4, -0.2) is 58.0 Å². The zero-order valence-corrected chi connectivity index (χ0v) is 11.5. The zero-order chi connectivity index (χ0) is 14.0. The summed E-state index contributed by atoms with van der Waals surface area (Å²) in [6.45, 7) is 0.884. The van der Waals surface area contributed by atoms with E-state index in [-0.39, 0.29) is 17.9 Å². The van der Waals surface area contributed by atoms with E-state index in [1.807, 2.05) is 16.5 Å². The van der Waals surface area contributed by atoms with E-state index in [0.717, 1.165) is 5.69 Å². The van der Waals surface area contributed by atoms with Crippen LogP contribution in [0, 0.1) is 0 Å². The minimum atomic E-state index is -3.13. The van der Waals surface area contributed by atoms with Crippen molar-refractivity contribution in [3.63, 3.8) is 0 Å². The van der Waals surface area contributed by atoms with Gasteiger partial charge in [-0.25, -0.2) is 13.4 Å². The van der Waals surface area contributed by atoms with Crippen molar-refractivity contribution in [2.24, 2.45) is 7.05 Å². The highest BCUT2D eigenvalue weighted by atomic mass is 32.2. The molecule has 1 aromatic heterocycles. The summed E-state index contributed by atoms with van der Waals surface area (Å²) in [6, 6.07) is -0.467. The van der Waals surface area contributed by atoms with Crippen LogP contribution in [0.5, 0.6) is 0 Å². The molecular weight excluding hydrogens is 270 g/mol. The predicted octanol–water partition coefficient (Wildman–Crippen LogP) is -0.506. The highest BCUT2D eigenvalue weighted by Crippen LogP contribution is 2.17. The molecule has 7 nitrogen and oxygen atoms in total. The minimum absolute atomic E-state index is 0.0843. The van der Waals surface area contributed by atoms with Crippen molar-refractivity contribution in [2.45, 2.75) is 19.0 Å². The van der Waals surface area contributed by atoms with Crippen molar-refractivity contribution in [1.82, 2.24) is 14.5 Å². The molecule has 0 aliphatic carbocycles. The molecule has 1 atom stereocenters. The van der Waals surface area contributed by atoms with E-state index in [0.29, 0.717) is 13.1 Å². The molecule has 2 heterocycles. The Hall–Kier alpha value is -1.41. The van der Waals surface area contributed by atoms with Gasteiger partial charge >= 0.3 is 5.97 Å². The lowest BCUT2D eigenvalue weighted by Crippen LogP contribution is -2.49. The van der Waals surface area contributed by atoms with Crippen molar-refractivity contribution < 1.29 is 18.3 Å². The van der Waals surface area contributed by atoms with Gasteiger partial charge in [0.1, 0.15) is 0 Å². The molecule has 1 aromatic rings. The number of imidazole rings is 1. The van der Waals surface area contributed by atoms with Gasteiger partial charge in [-0.15, -0.1) is 0 Å². The first-order valence-corrected chi connectivity index (χ1v) is 7.81. The molecule has 0 saturated carbocycles. The molecule has 0 aromatic carbocycles. The van der Waals surface area contributed by atoms with Gasteiger partial charge < -0.3 is 9.67 Å². The Bertz CT molecular complexity index is 566. The molecule has 1 aliphatic rings. The van der Waals surface area contributed by atoms with Gasteiger partial charge in [0, 0.05) is 32.4 Å². The van der Waals surface area contributed by atoms with Gasteiger partial charge in [-0.2, -0.15) is 0 Å². The molecule has 0 bridgehead atoms. The van der Waals surface area contributed by atoms with Crippen molar-refractivity contribution in [3.05, 3.63) is 18.2 Å². The second kappa shape index (κ2) is 5.30. The van der Waals surface area contributed by atoms with Crippen molar-refractivity contribution >= 4 is 15.8 Å². The smallest absolute Gasteiger partial charge is 0.304 e. The second-order valence-electron chi connectivity index (χ2n) is 4.83. The van der Waals surface area contributed by atoms with E-state index >= 15 is 0 Å². The molecule has 1 unspecified atom stereocenters. The Morgan fingerprint density at radius 2 is 2.32 bits per heavy atom. The van der Waals surface area contributed by atoms with Gasteiger partial charge in [0.2, 0.25) is 0 Å². The maximum atomic E-state index is 11.6. The van der Waals surface area contributed by atoms with Crippen molar-refractivity contribution in [2.75, 3.05) is 18.1 Å². The predicted molar refractivity (Wildman–Crippen MR) is 68.3 cm³/mol. The minimum Gasteiger partial charge on any atom is -0.481 e. The number of aromatic nitrogens is 2. The number of aliphatic carboxylic acids is 1. The number of carbonyl (C=O) groups is 1. The largest absolute Gasteiger partial charge is 0.481 e. The van der Waals surface area contributed by atoms with Gasteiger partial charge in [-0.05, 0) is 0 Å². The monoisotopic (exact) mass is 287 g/mol. The number of hydrogen-bond donors (Lipinski definition) is 1. The van der Waals surface area contributed by atoms with Gasteiger partial charge in [0.25, 0.3) is 0 Å². The fraction of sp³-hybridized carbons (Fsp3) is 0.636. The standard InChI is InChI=1S/C11H17N3O4S/c1-13-8-12-5-10(13)6-14-2-3-19(17,18)7-9(14)4-11(15)16/h5,8-9H,2-4,6-7H2,1H3,(H,15,16). The van der Waals surface area contributed by atoms with E-state index < -0.39 is 21.8 Å². The van der Waals surface area contributed by atoms with Crippen LogP contribution in [0.4, 0.5) is 0 Å². The average molecular weight is 287 g/mol. The van der Waals surface area contributed by atoms with Crippen LogP contribution in [0.15, 0.2) is 12.5 Å². The molecule has 1 saturated heterocycles. The molecular formula is C11H17N3O4S. The highest BCUT2D eigenvalue weighted by molar-refractivity contribution is 7.91. The van der Waals surface area contributed by atoms with Crippen LogP contribution >= 0.6 is 0 Å². The lowest BCUT2D eigenvalue weighted by molar-refractivity contribution is -0.138. The number of aryl methyl sites for hydroxylation is 1. The average Bonchev–Trinajstić information content (AvgIpc) is 2.67. The van der Waals surface area contributed by atoms with Gasteiger partial charge in [0.05, 0.1) is 29.9 Å². The van der Waals surface area contributed by atoms with Gasteiger partial charge in [0.15, 0.2) is 9.84 Å². The van der Waals surface area contributed by atoms with Crippen molar-refractivity contribution in [3.8, 4) is 0 Å². The summed E-state index contributed by atoms with van der Waals surface area (Å²) in [5.74, 6) is -0.977. The molecule has 1 fully saturated rings. The lowest BCUT2D eigenvalue weighted by atomic mass is 10.2. The molecule has 0 spiro atoms. The van der Waals surface area contributed by atoms with Gasteiger partial charge in [-0.3, -0.25) is 9.69 Å². The Balaban J connectivity index is 2.13. The Morgan fingerprint density at radius 1 is 1.58 bits per heavy atom. The molecule has 0 radical (unpaired) electrons. The number of rotatable bonds is 4. The molecule has 0 amide bonds. The first kappa shape index (κ1) is 14.0. The fourth-order valence-corrected chi connectivity index (χ4v) is 3.86. The Labute approximate surface area is 111 Å². The van der Waals surface area contributed by atoms with Crippen LogP contribution in [0.2, 0.25) is 0 Å². The van der Waals surface area contributed by atoms with Crippen LogP contribution in [-0.2, 0) is 28.2 Å². The highest BCUT2D eigenvalue weighted by Gasteiger charge is 2.32. The van der Waals surface area contributed by atoms with E-state index in [9.17, 15) is 13.2 Å². The SMILES string of the molecule is Cn1cncc1CN1CCS(=O)(=O)CC1CC(=O)O. The first-order valence-electron chi connectivity index (χ1n) is 5.99. The third kappa shape index (κ3) is 3.54. The maximum Gasteiger partial charge on any atom is 0.304 e. The normalized spacial score (nSPS) is 23.3. The molecule has 1 N–H and O–H groups in total. The number of sulfone groups is 1. The second-order valence-corrected chi connectivity index (χ2v) is 7.06. The van der Waals surface area contributed by atoms with Crippen LogP contribution in [0.3, 0.4) is 0 Å². The van der Waals surface area contributed by atoms with E-state index in [1.165, 1.54) is 0 Å². The summed E-state index contributed by atoms with van der Waals surface area (Å²) in [4.78, 5) is 16.8. The maximum absolute atomic E-state index is 11.6. The summed E-state index contributed by atoms with van der Waals surface area (Å²) >= 11 is 0. The first-order chi connectivity index (χ1) is 8.87. The third-order valence-electron chi connectivity index (χ3n) is 3.34. The molecule has 2 rings (SSSR count). The van der Waals surface area contributed by atoms with E-state index in [2.05, 4.69) is 4.98 Å². The number of hydrogen-bond acceptors (Lipinski definition) is 5. The quantitative estimate of drug-likeness (QED) is 0.802. The summed E-state index contributed by atoms with van der Waals surface area (Å²) in [5.41, 5.74) is 0.940. The molecule has 106 valence electrons. The number of carboxylic acid groups (broad SMARTS) is 1. The summed E-state index contributed by atoms with van der Waals surface area (Å²) < 4.78 is 25.1. The van der Waals surface area contributed by atoms with Crippen LogP contribution < -0.4 is 0 Å². The summed E-state index contributed by atoms with van der Waals surface area (Å²) in [6.07, 6.45) is 3.22. The Kier molecular flexibility index (Phi) is 3.91. The number of nitrogens with zero attached hydrogens (tertiary/aromatic N) is 3. The number of carboxylic acids is 1. The molecule has 1 aliphatic heterocycles. The summed E-state index contributed by atoms with van der Waals surface area (Å²) in [5, 5.41) is 8.90. The fourth-order valence-electron chi connectivity index (χ4n) is 2.26.